The van der Waals surface area contributed by atoms with Gasteiger partial charge < -0.3 is 10.6 Å². The van der Waals surface area contributed by atoms with Gasteiger partial charge in [0.05, 0.1) is 17.2 Å². The van der Waals surface area contributed by atoms with E-state index in [4.69, 9.17) is 4.98 Å². The second-order valence-corrected chi connectivity index (χ2v) is 8.17. The highest BCUT2D eigenvalue weighted by atomic mass is 15.3. The zero-order chi connectivity index (χ0) is 22.8. The Hall–Kier alpha value is -4.33. The Labute approximate surface area is 191 Å². The highest BCUT2D eigenvalue weighted by Crippen LogP contribution is 2.30. The molecule has 5 rings (SSSR count). The fourth-order valence-electron chi connectivity index (χ4n) is 3.56. The molecule has 33 heavy (non-hydrogen) atoms. The molecule has 164 valence electrons. The van der Waals surface area contributed by atoms with Gasteiger partial charge in [-0.1, -0.05) is 32.0 Å². The fourth-order valence-corrected chi connectivity index (χ4v) is 3.56. The molecule has 8 heteroatoms. The molecule has 0 aliphatic heterocycles. The van der Waals surface area contributed by atoms with Crippen LogP contribution in [0.4, 0.5) is 23.1 Å². The molecule has 0 atom stereocenters. The van der Waals surface area contributed by atoms with E-state index in [-0.39, 0.29) is 0 Å². The lowest BCUT2D eigenvalue weighted by molar-refractivity contribution is 0.771. The predicted octanol–water partition coefficient (Wildman–Crippen LogP) is 5.43. The average Bonchev–Trinajstić information content (AvgIpc) is 3.19. The quantitative estimate of drug-likeness (QED) is 0.366. The molecule has 0 radical (unpaired) electrons. The number of nitrogens with one attached hydrogen (secondary N) is 2. The van der Waals surface area contributed by atoms with Gasteiger partial charge in [0.2, 0.25) is 0 Å². The van der Waals surface area contributed by atoms with Crippen LogP contribution in [-0.2, 0) is 7.05 Å². The van der Waals surface area contributed by atoms with Gasteiger partial charge in [0, 0.05) is 36.3 Å². The SMILES string of the molecule is CC(C)c1cnnc(Nc2ccc3ncc(-c4cn(C)nc4Nc4ccccc4)cc3n2)c1. The minimum absolute atomic E-state index is 0.371. The standard InChI is InChI=1S/C25H24N8/c1-16(2)17-12-24(31-27-14-17)30-23-10-9-21-22(29-23)11-18(13-26-21)20-15-33(3)32-25(20)28-19-7-5-4-6-8-19/h4-16H,1-3H3,(H,28,32)(H,29,30,31). The molecule has 5 aromatic rings. The third-order valence-electron chi connectivity index (χ3n) is 5.31. The Bertz CT molecular complexity index is 1410. The number of hydrogen-bond donors (Lipinski definition) is 2. The van der Waals surface area contributed by atoms with Crippen LogP contribution in [0.3, 0.4) is 0 Å². The Balaban J connectivity index is 1.47. The van der Waals surface area contributed by atoms with E-state index >= 15 is 0 Å². The number of pyridine rings is 2. The van der Waals surface area contributed by atoms with Crippen molar-refractivity contribution in [3.63, 3.8) is 0 Å². The van der Waals surface area contributed by atoms with Gasteiger partial charge in [-0.2, -0.15) is 10.2 Å². The Kier molecular flexibility index (Phi) is 5.40. The molecular weight excluding hydrogens is 412 g/mol. The third kappa shape index (κ3) is 4.50. The maximum atomic E-state index is 4.76. The summed E-state index contributed by atoms with van der Waals surface area (Å²) in [6, 6.07) is 17.8. The lowest BCUT2D eigenvalue weighted by Crippen LogP contribution is -2.00. The van der Waals surface area contributed by atoms with Gasteiger partial charge in [-0.25, -0.2) is 4.98 Å². The number of anilines is 4. The van der Waals surface area contributed by atoms with Crippen LogP contribution in [0.15, 0.2) is 73.2 Å². The number of para-hydroxylation sites is 1. The van der Waals surface area contributed by atoms with Crippen LogP contribution in [0.2, 0.25) is 0 Å². The number of aryl methyl sites for hydroxylation is 1. The molecule has 0 bridgehead atoms. The van der Waals surface area contributed by atoms with Gasteiger partial charge in [-0.05, 0) is 47.9 Å². The van der Waals surface area contributed by atoms with Crippen LogP contribution < -0.4 is 10.6 Å². The largest absolute Gasteiger partial charge is 0.338 e. The second kappa shape index (κ2) is 8.66. The molecule has 2 N–H and O–H groups in total. The molecule has 4 heterocycles. The van der Waals surface area contributed by atoms with Crippen molar-refractivity contribution in [2.45, 2.75) is 19.8 Å². The first-order valence-corrected chi connectivity index (χ1v) is 10.8. The monoisotopic (exact) mass is 436 g/mol. The van der Waals surface area contributed by atoms with E-state index in [1.165, 1.54) is 0 Å². The molecule has 4 aromatic heterocycles. The van der Waals surface area contributed by atoms with E-state index < -0.39 is 0 Å². The smallest absolute Gasteiger partial charge is 0.160 e. The first-order chi connectivity index (χ1) is 16.0. The van der Waals surface area contributed by atoms with Crippen molar-refractivity contribution in [2.75, 3.05) is 10.6 Å². The number of nitrogens with zero attached hydrogens (tertiary/aromatic N) is 6. The predicted molar refractivity (Wildman–Crippen MR) is 131 cm³/mol. The van der Waals surface area contributed by atoms with Crippen molar-refractivity contribution < 1.29 is 0 Å². The molecular formula is C25H24N8. The van der Waals surface area contributed by atoms with Gasteiger partial charge in [0.1, 0.15) is 5.82 Å². The molecule has 0 spiro atoms. The molecule has 8 nitrogen and oxygen atoms in total. The van der Waals surface area contributed by atoms with E-state index in [0.29, 0.717) is 17.6 Å². The summed E-state index contributed by atoms with van der Waals surface area (Å²) in [5, 5.41) is 19.5. The molecule has 0 unspecified atom stereocenters. The van der Waals surface area contributed by atoms with E-state index in [1.807, 2.05) is 74.0 Å². The van der Waals surface area contributed by atoms with Crippen LogP contribution in [0, 0.1) is 0 Å². The Morgan fingerprint density at radius 1 is 0.879 bits per heavy atom. The van der Waals surface area contributed by atoms with Crippen molar-refractivity contribution in [3.05, 3.63) is 78.8 Å². The first-order valence-electron chi connectivity index (χ1n) is 10.8. The Morgan fingerprint density at radius 3 is 2.55 bits per heavy atom. The highest BCUT2D eigenvalue weighted by Gasteiger charge is 2.13. The van der Waals surface area contributed by atoms with Crippen molar-refractivity contribution in [3.8, 4) is 11.1 Å². The average molecular weight is 437 g/mol. The minimum Gasteiger partial charge on any atom is -0.338 e. The summed E-state index contributed by atoms with van der Waals surface area (Å²) < 4.78 is 1.79. The Morgan fingerprint density at radius 2 is 1.73 bits per heavy atom. The summed E-state index contributed by atoms with van der Waals surface area (Å²) in [5.74, 6) is 2.49. The molecule has 0 aliphatic carbocycles. The van der Waals surface area contributed by atoms with Crippen molar-refractivity contribution in [1.82, 2.24) is 29.9 Å². The second-order valence-electron chi connectivity index (χ2n) is 8.17. The highest BCUT2D eigenvalue weighted by molar-refractivity contribution is 5.85. The third-order valence-corrected chi connectivity index (χ3v) is 5.31. The van der Waals surface area contributed by atoms with Gasteiger partial charge in [0.25, 0.3) is 0 Å². The maximum absolute atomic E-state index is 4.76. The van der Waals surface area contributed by atoms with Crippen LogP contribution >= 0.6 is 0 Å². The number of rotatable bonds is 6. The van der Waals surface area contributed by atoms with Gasteiger partial charge in [-0.15, -0.1) is 5.10 Å². The summed E-state index contributed by atoms with van der Waals surface area (Å²) in [4.78, 5) is 9.38. The van der Waals surface area contributed by atoms with E-state index in [2.05, 4.69) is 44.8 Å². The minimum atomic E-state index is 0.371. The first kappa shape index (κ1) is 20.6. The summed E-state index contributed by atoms with van der Waals surface area (Å²) in [7, 11) is 1.90. The fraction of sp³-hybridized carbons (Fsp3) is 0.160. The number of benzene rings is 1. The van der Waals surface area contributed by atoms with Crippen LogP contribution in [0.25, 0.3) is 22.2 Å². The van der Waals surface area contributed by atoms with Crippen LogP contribution in [0.5, 0.6) is 0 Å². The van der Waals surface area contributed by atoms with Gasteiger partial charge in [-0.3, -0.25) is 9.67 Å². The molecule has 1 aromatic carbocycles. The molecule has 0 amide bonds. The van der Waals surface area contributed by atoms with Gasteiger partial charge >= 0.3 is 0 Å². The number of fused-ring (bicyclic) bond motifs is 1. The van der Waals surface area contributed by atoms with Crippen molar-refractivity contribution >= 4 is 34.2 Å². The van der Waals surface area contributed by atoms with E-state index in [0.717, 1.165) is 39.2 Å². The van der Waals surface area contributed by atoms with Crippen molar-refractivity contribution in [1.29, 1.82) is 0 Å². The zero-order valence-corrected chi connectivity index (χ0v) is 18.7. The molecule has 0 saturated carbocycles. The van der Waals surface area contributed by atoms with Crippen molar-refractivity contribution in [2.24, 2.45) is 7.05 Å². The molecule has 0 fully saturated rings. The van der Waals surface area contributed by atoms with Gasteiger partial charge in [0.15, 0.2) is 11.6 Å². The summed E-state index contributed by atoms with van der Waals surface area (Å²) in [6.07, 6.45) is 5.61. The lowest BCUT2D eigenvalue weighted by Gasteiger charge is -2.09. The van der Waals surface area contributed by atoms with Crippen LogP contribution in [-0.4, -0.2) is 29.9 Å². The zero-order valence-electron chi connectivity index (χ0n) is 18.7. The topological polar surface area (TPSA) is 93.4 Å². The summed E-state index contributed by atoms with van der Waals surface area (Å²) in [5.41, 5.74) is 5.56. The number of hydrogen-bond acceptors (Lipinski definition) is 7. The summed E-state index contributed by atoms with van der Waals surface area (Å²) >= 11 is 0. The maximum Gasteiger partial charge on any atom is 0.160 e. The summed E-state index contributed by atoms with van der Waals surface area (Å²) in [6.45, 7) is 4.25. The van der Waals surface area contributed by atoms with E-state index in [9.17, 15) is 0 Å². The molecule has 0 aliphatic rings. The molecule has 0 saturated heterocycles. The normalized spacial score (nSPS) is 11.2. The lowest BCUT2D eigenvalue weighted by atomic mass is 10.1. The van der Waals surface area contributed by atoms with E-state index in [1.54, 1.807) is 10.9 Å². The van der Waals surface area contributed by atoms with Crippen LogP contribution in [0.1, 0.15) is 25.3 Å². The number of aromatic nitrogens is 6.